The number of anilines is 1. The molecule has 2 atom stereocenters. The molecule has 2 amide bonds. The predicted molar refractivity (Wildman–Crippen MR) is 190 cm³/mol. The monoisotopic (exact) mass is 653 g/mol. The molecule has 0 bridgehead atoms. The van der Waals surface area contributed by atoms with Gasteiger partial charge in [0.15, 0.2) is 0 Å². The van der Waals surface area contributed by atoms with Crippen LogP contribution in [0.5, 0.6) is 0 Å². The lowest BCUT2D eigenvalue weighted by molar-refractivity contribution is -0.140. The molecule has 4 aromatic carbocycles. The lowest BCUT2D eigenvalue weighted by atomic mass is 10.0. The minimum atomic E-state index is -4.16. The van der Waals surface area contributed by atoms with E-state index < -0.39 is 28.5 Å². The first-order valence-corrected chi connectivity index (χ1v) is 17.7. The molecule has 4 aromatic rings. The van der Waals surface area contributed by atoms with Gasteiger partial charge in [-0.25, -0.2) is 8.42 Å². The average Bonchev–Trinajstić information content (AvgIpc) is 3.06. The number of nitrogens with one attached hydrogen (secondary N) is 1. The van der Waals surface area contributed by atoms with E-state index in [1.807, 2.05) is 94.4 Å². The van der Waals surface area contributed by atoms with Crippen LogP contribution in [0.15, 0.2) is 108 Å². The maximum absolute atomic E-state index is 14.7. The van der Waals surface area contributed by atoms with Crippen molar-refractivity contribution in [3.05, 3.63) is 131 Å². The molecule has 8 heteroatoms. The summed E-state index contributed by atoms with van der Waals surface area (Å²) >= 11 is 0. The van der Waals surface area contributed by atoms with E-state index in [0.29, 0.717) is 5.69 Å². The zero-order valence-corrected chi connectivity index (χ0v) is 29.1. The topological polar surface area (TPSA) is 86.8 Å². The van der Waals surface area contributed by atoms with Crippen LogP contribution in [0.4, 0.5) is 5.69 Å². The maximum atomic E-state index is 14.7. The van der Waals surface area contributed by atoms with Crippen molar-refractivity contribution in [2.75, 3.05) is 10.8 Å². The number of hydrogen-bond acceptors (Lipinski definition) is 4. The Morgan fingerprint density at radius 2 is 1.40 bits per heavy atom. The summed E-state index contributed by atoms with van der Waals surface area (Å²) in [6.07, 6.45) is 0.999. The van der Waals surface area contributed by atoms with Gasteiger partial charge in [-0.2, -0.15) is 0 Å². The van der Waals surface area contributed by atoms with Crippen molar-refractivity contribution in [3.63, 3.8) is 0 Å². The van der Waals surface area contributed by atoms with Crippen LogP contribution < -0.4 is 9.62 Å². The van der Waals surface area contributed by atoms with Crippen molar-refractivity contribution in [3.8, 4) is 0 Å². The highest BCUT2D eigenvalue weighted by Crippen LogP contribution is 2.27. The van der Waals surface area contributed by atoms with E-state index in [4.69, 9.17) is 0 Å². The van der Waals surface area contributed by atoms with E-state index in [0.717, 1.165) is 34.2 Å². The van der Waals surface area contributed by atoms with Crippen molar-refractivity contribution in [1.29, 1.82) is 0 Å². The fourth-order valence-corrected chi connectivity index (χ4v) is 6.77. The van der Waals surface area contributed by atoms with E-state index in [1.165, 1.54) is 4.31 Å². The number of hydrogen-bond donors (Lipinski definition) is 1. The minimum absolute atomic E-state index is 0.0876. The van der Waals surface area contributed by atoms with Gasteiger partial charge in [0.1, 0.15) is 12.6 Å². The molecule has 0 spiro atoms. The summed E-state index contributed by atoms with van der Waals surface area (Å²) in [5, 5.41) is 3.08. The molecule has 0 radical (unpaired) electrons. The molecular formula is C39H47N3O4S. The number of carbonyl (C=O) groups is 2. The molecule has 47 heavy (non-hydrogen) atoms. The van der Waals surface area contributed by atoms with Crippen molar-refractivity contribution >= 4 is 27.5 Å². The number of aryl methyl sites for hydroxylation is 2. The van der Waals surface area contributed by atoms with Gasteiger partial charge in [0.25, 0.3) is 10.0 Å². The molecular weight excluding hydrogens is 607 g/mol. The molecule has 0 heterocycles. The molecule has 0 fully saturated rings. The standard InChI is InChI=1S/C39H47N3O4S/c1-7-31(6)40-39(44)37(25-32-14-9-8-10-15-32)41(26-34-16-12-11-13-30(34)5)38(43)27-42(35-21-19-33(20-22-35)28(2)3)47(45,46)36-23-17-29(4)18-24-36/h8-24,28,31,37H,7,25-27H2,1-6H3,(H,40,44)/t31-,37+/m1/s1. The molecule has 0 saturated heterocycles. The zero-order valence-electron chi connectivity index (χ0n) is 28.3. The summed E-state index contributed by atoms with van der Waals surface area (Å²) in [6.45, 7) is 11.6. The Kier molecular flexibility index (Phi) is 12.0. The highest BCUT2D eigenvalue weighted by Gasteiger charge is 2.35. The summed E-state index contributed by atoms with van der Waals surface area (Å²) in [6, 6.07) is 30.2. The summed E-state index contributed by atoms with van der Waals surface area (Å²) in [4.78, 5) is 30.3. The SMILES string of the molecule is CC[C@@H](C)NC(=O)[C@H](Cc1ccccc1)N(Cc1ccccc1C)C(=O)CN(c1ccc(C(C)C)cc1)S(=O)(=O)c1ccc(C)cc1. The van der Waals surface area contributed by atoms with Crippen LogP contribution in [0.3, 0.4) is 0 Å². The highest BCUT2D eigenvalue weighted by atomic mass is 32.2. The van der Waals surface area contributed by atoms with Crippen LogP contribution in [0.1, 0.15) is 67.9 Å². The third-order valence-corrected chi connectivity index (χ3v) is 10.4. The summed E-state index contributed by atoms with van der Waals surface area (Å²) < 4.78 is 29.7. The number of nitrogens with zero attached hydrogens (tertiary/aromatic N) is 2. The largest absolute Gasteiger partial charge is 0.352 e. The first kappa shape index (κ1) is 35.4. The molecule has 0 aliphatic heterocycles. The van der Waals surface area contributed by atoms with Gasteiger partial charge in [-0.05, 0) is 79.6 Å². The smallest absolute Gasteiger partial charge is 0.264 e. The van der Waals surface area contributed by atoms with Crippen molar-refractivity contribution in [1.82, 2.24) is 10.2 Å². The number of sulfonamides is 1. The van der Waals surface area contributed by atoms with Gasteiger partial charge in [-0.3, -0.25) is 13.9 Å². The zero-order chi connectivity index (χ0) is 34.1. The molecule has 0 aliphatic rings. The molecule has 4 rings (SSSR count). The Hall–Kier alpha value is -4.43. The van der Waals surface area contributed by atoms with Crippen molar-refractivity contribution < 1.29 is 18.0 Å². The fraction of sp³-hybridized carbons (Fsp3) is 0.333. The Morgan fingerprint density at radius 1 is 0.787 bits per heavy atom. The van der Waals surface area contributed by atoms with Gasteiger partial charge in [0.05, 0.1) is 10.6 Å². The number of amides is 2. The molecule has 0 aromatic heterocycles. The molecule has 0 saturated carbocycles. The second-order valence-electron chi connectivity index (χ2n) is 12.5. The van der Waals surface area contributed by atoms with Crippen LogP contribution in [0.25, 0.3) is 0 Å². The predicted octanol–water partition coefficient (Wildman–Crippen LogP) is 7.18. The average molecular weight is 654 g/mol. The highest BCUT2D eigenvalue weighted by molar-refractivity contribution is 7.92. The molecule has 0 unspecified atom stereocenters. The van der Waals surface area contributed by atoms with Gasteiger partial charge in [0, 0.05) is 19.0 Å². The Balaban J connectivity index is 1.82. The van der Waals surface area contributed by atoms with E-state index in [2.05, 4.69) is 19.2 Å². The third kappa shape index (κ3) is 9.10. The Morgan fingerprint density at radius 3 is 2.00 bits per heavy atom. The van der Waals surface area contributed by atoms with E-state index in [1.54, 1.807) is 41.3 Å². The van der Waals surface area contributed by atoms with Gasteiger partial charge >= 0.3 is 0 Å². The Bertz CT molecular complexity index is 1740. The van der Waals surface area contributed by atoms with E-state index in [-0.39, 0.29) is 35.7 Å². The molecule has 0 aliphatic carbocycles. The van der Waals surface area contributed by atoms with Crippen LogP contribution in [-0.4, -0.2) is 43.8 Å². The quantitative estimate of drug-likeness (QED) is 0.156. The Labute approximate surface area is 280 Å². The summed E-state index contributed by atoms with van der Waals surface area (Å²) in [5.41, 5.74) is 5.10. The van der Waals surface area contributed by atoms with Gasteiger partial charge in [0.2, 0.25) is 11.8 Å². The van der Waals surface area contributed by atoms with Gasteiger partial charge in [-0.15, -0.1) is 0 Å². The lowest BCUT2D eigenvalue weighted by Gasteiger charge is -2.34. The summed E-state index contributed by atoms with van der Waals surface area (Å²) in [7, 11) is -4.16. The second-order valence-corrected chi connectivity index (χ2v) is 14.4. The fourth-order valence-electron chi connectivity index (χ4n) is 5.36. The van der Waals surface area contributed by atoms with Crippen LogP contribution in [0.2, 0.25) is 0 Å². The minimum Gasteiger partial charge on any atom is -0.352 e. The first-order valence-electron chi connectivity index (χ1n) is 16.3. The maximum Gasteiger partial charge on any atom is 0.264 e. The second kappa shape index (κ2) is 15.9. The van der Waals surface area contributed by atoms with E-state index in [9.17, 15) is 18.0 Å². The third-order valence-electron chi connectivity index (χ3n) is 8.61. The molecule has 1 N–H and O–H groups in total. The van der Waals surface area contributed by atoms with Gasteiger partial charge in [-0.1, -0.05) is 105 Å². The molecule has 248 valence electrons. The number of rotatable bonds is 14. The van der Waals surface area contributed by atoms with Crippen LogP contribution >= 0.6 is 0 Å². The van der Waals surface area contributed by atoms with E-state index >= 15 is 0 Å². The first-order chi connectivity index (χ1) is 22.4. The lowest BCUT2D eigenvalue weighted by Crippen LogP contribution is -2.54. The van der Waals surface area contributed by atoms with Crippen LogP contribution in [-0.2, 0) is 32.6 Å². The summed E-state index contributed by atoms with van der Waals surface area (Å²) in [5.74, 6) is -0.503. The van der Waals surface area contributed by atoms with Crippen molar-refractivity contribution in [2.45, 2.75) is 83.8 Å². The van der Waals surface area contributed by atoms with Gasteiger partial charge < -0.3 is 10.2 Å². The number of carbonyl (C=O) groups excluding carboxylic acids is 2. The molecule has 7 nitrogen and oxygen atoms in total. The van der Waals surface area contributed by atoms with Crippen LogP contribution in [0, 0.1) is 13.8 Å². The van der Waals surface area contributed by atoms with Crippen molar-refractivity contribution in [2.24, 2.45) is 0 Å². The number of benzene rings is 4. The normalized spacial score (nSPS) is 12.7.